The van der Waals surface area contributed by atoms with E-state index in [0.717, 1.165) is 16.0 Å². The minimum absolute atomic E-state index is 0.0256. The molecule has 0 saturated heterocycles. The molecule has 2 aliphatic carbocycles. The summed E-state index contributed by atoms with van der Waals surface area (Å²) in [4.78, 5) is 135. The molecule has 22 nitrogen and oxygen atoms in total. The van der Waals surface area contributed by atoms with Crippen molar-refractivity contribution in [2.45, 2.75) is 82.7 Å². The molecule has 8 amide bonds. The number of cyclic esters (lactones) is 1. The summed E-state index contributed by atoms with van der Waals surface area (Å²) in [7, 11) is 0. The van der Waals surface area contributed by atoms with Crippen LogP contribution in [0.25, 0.3) is 22.3 Å². The van der Waals surface area contributed by atoms with Crippen LogP contribution in [0.4, 0.5) is 10.1 Å². The lowest BCUT2D eigenvalue weighted by atomic mass is 9.81. The Kier molecular flexibility index (Phi) is 14.5. The number of hydrogen-bond acceptors (Lipinski definition) is 14. The fraction of sp³-hybridized carbons (Fsp3) is 0.339. The number of ether oxygens (including phenoxy) is 2. The molecule has 10 rings (SSSR count). The number of rotatable bonds is 20. The number of amides is 8. The van der Waals surface area contributed by atoms with Crippen LogP contribution in [0, 0.1) is 18.7 Å². The number of benzene rings is 3. The summed E-state index contributed by atoms with van der Waals surface area (Å²) in [6.45, 7) is 0.644. The smallest absolute Gasteiger partial charge is 0.343 e. The number of carbonyl (C=O) groups is 9. The van der Waals surface area contributed by atoms with Gasteiger partial charge in [-0.05, 0) is 84.5 Å². The lowest BCUT2D eigenvalue weighted by molar-refractivity contribution is -0.172. The Balaban J connectivity index is 0.702. The predicted octanol–water partition coefficient (Wildman–Crippen LogP) is 0.643. The van der Waals surface area contributed by atoms with Crippen molar-refractivity contribution < 1.29 is 62.1 Å². The Morgan fingerprint density at radius 2 is 1.53 bits per heavy atom. The van der Waals surface area contributed by atoms with E-state index in [1.165, 1.54) is 22.8 Å². The molecule has 1 unspecified atom stereocenters. The Morgan fingerprint density at radius 1 is 0.835 bits per heavy atom. The second-order valence-corrected chi connectivity index (χ2v) is 20.1. The van der Waals surface area contributed by atoms with E-state index in [2.05, 4.69) is 31.9 Å². The summed E-state index contributed by atoms with van der Waals surface area (Å²) in [6.07, 6.45) is 3.62. The molecule has 3 aromatic carbocycles. The summed E-state index contributed by atoms with van der Waals surface area (Å²) >= 11 is 0. The zero-order valence-corrected chi connectivity index (χ0v) is 42.9. The number of pyridine rings is 2. The molecule has 79 heavy (non-hydrogen) atoms. The van der Waals surface area contributed by atoms with Gasteiger partial charge in [0.15, 0.2) is 5.60 Å². The number of hydrogen-bond donors (Lipinski definition) is 7. The van der Waals surface area contributed by atoms with Crippen LogP contribution in [0.3, 0.4) is 0 Å². The van der Waals surface area contributed by atoms with Gasteiger partial charge in [-0.3, -0.25) is 43.2 Å². The average Bonchev–Trinajstić information content (AvgIpc) is 2.51. The molecule has 0 radical (unpaired) electrons. The molecule has 5 aromatic rings. The molecule has 7 N–H and O–H groups in total. The number of esters is 1. The Labute approximate surface area is 449 Å². The van der Waals surface area contributed by atoms with Crippen molar-refractivity contribution in [2.24, 2.45) is 5.92 Å². The van der Waals surface area contributed by atoms with Crippen LogP contribution in [0.15, 0.2) is 83.7 Å². The predicted molar refractivity (Wildman–Crippen MR) is 277 cm³/mol. The molecule has 3 aliphatic heterocycles. The molecule has 5 aliphatic rings. The monoisotopic (exact) mass is 1080 g/mol. The van der Waals surface area contributed by atoms with Gasteiger partial charge in [0.25, 0.3) is 17.4 Å². The first-order valence-corrected chi connectivity index (χ1v) is 25.7. The van der Waals surface area contributed by atoms with Crippen molar-refractivity contribution in [3.05, 3.63) is 140 Å². The van der Waals surface area contributed by atoms with Crippen LogP contribution in [-0.4, -0.2) is 107 Å². The third-order valence-electron chi connectivity index (χ3n) is 15.2. The number of nitrogens with zero attached hydrogens (tertiary/aromatic N) is 3. The van der Waals surface area contributed by atoms with Gasteiger partial charge >= 0.3 is 5.97 Å². The summed E-state index contributed by atoms with van der Waals surface area (Å²) < 4.78 is 27.8. The fourth-order valence-electron chi connectivity index (χ4n) is 10.9. The van der Waals surface area contributed by atoms with Gasteiger partial charge in [-0.1, -0.05) is 49.4 Å². The van der Waals surface area contributed by atoms with Crippen LogP contribution in [0.1, 0.15) is 70.7 Å². The number of aliphatic hydroxyl groups is 1. The Morgan fingerprint density at radius 3 is 2.27 bits per heavy atom. The van der Waals surface area contributed by atoms with Crippen LogP contribution in [0.2, 0.25) is 0 Å². The van der Waals surface area contributed by atoms with Crippen molar-refractivity contribution in [1.82, 2.24) is 41.5 Å². The molecule has 5 heterocycles. The highest BCUT2D eigenvalue weighted by molar-refractivity contribution is 6.28. The number of anilines is 1. The highest BCUT2D eigenvalue weighted by Gasteiger charge is 2.61. The topological polar surface area (TPSA) is 303 Å². The summed E-state index contributed by atoms with van der Waals surface area (Å²) in [6, 6.07) is 17.0. The van der Waals surface area contributed by atoms with Gasteiger partial charge in [-0.2, -0.15) is 0 Å². The van der Waals surface area contributed by atoms with Crippen molar-refractivity contribution in [1.29, 1.82) is 0 Å². The van der Waals surface area contributed by atoms with Crippen molar-refractivity contribution in [3.63, 3.8) is 0 Å². The van der Waals surface area contributed by atoms with Gasteiger partial charge in [0.2, 0.25) is 35.4 Å². The number of aromatic nitrogens is 2. The van der Waals surface area contributed by atoms with Gasteiger partial charge in [0.05, 0.1) is 59.9 Å². The third kappa shape index (κ3) is 10.4. The quantitative estimate of drug-likeness (QED) is 0.0239. The van der Waals surface area contributed by atoms with Gasteiger partial charge in [-0.25, -0.2) is 19.1 Å². The third-order valence-corrected chi connectivity index (χ3v) is 15.2. The second kappa shape index (κ2) is 21.5. The Bertz CT molecular complexity index is 3510. The lowest BCUT2D eigenvalue weighted by Gasteiger charge is -2.31. The Hall–Kier alpha value is -8.96. The van der Waals surface area contributed by atoms with E-state index in [1.54, 1.807) is 74.5 Å². The molecule has 4 atom stereocenters. The number of aryl methyl sites for hydroxylation is 1. The molecular weight excluding hydrogens is 1030 g/mol. The normalized spacial score (nSPS) is 19.3. The van der Waals surface area contributed by atoms with Gasteiger partial charge < -0.3 is 51.0 Å². The van der Waals surface area contributed by atoms with Gasteiger partial charge in [-0.15, -0.1) is 0 Å². The van der Waals surface area contributed by atoms with Crippen molar-refractivity contribution in [3.8, 4) is 11.4 Å². The molecule has 1 fully saturated rings. The number of imide groups is 1. The number of halogens is 1. The number of carbonyl (C=O) groups excluding carboxylic acids is 9. The minimum Gasteiger partial charge on any atom is -0.458 e. The van der Waals surface area contributed by atoms with Crippen LogP contribution in [0.5, 0.6) is 0 Å². The van der Waals surface area contributed by atoms with E-state index >= 15 is 4.39 Å². The number of nitrogens with one attached hydrogen (secondary N) is 6. The average molecular weight is 1080 g/mol. The van der Waals surface area contributed by atoms with E-state index in [9.17, 15) is 53.1 Å². The van der Waals surface area contributed by atoms with Gasteiger partial charge in [0.1, 0.15) is 31.8 Å². The zero-order chi connectivity index (χ0) is 55.9. The van der Waals surface area contributed by atoms with Crippen LogP contribution >= 0.6 is 0 Å². The van der Waals surface area contributed by atoms with Crippen molar-refractivity contribution in [2.75, 3.05) is 37.9 Å². The first-order valence-electron chi connectivity index (χ1n) is 25.7. The minimum atomic E-state index is -2.05. The first kappa shape index (κ1) is 53.4. The summed E-state index contributed by atoms with van der Waals surface area (Å²) in [5, 5.41) is 27.7. The van der Waals surface area contributed by atoms with Crippen LogP contribution in [-0.2, 0) is 96.2 Å². The molecule has 408 valence electrons. The molecule has 0 spiro atoms. The largest absolute Gasteiger partial charge is 0.458 e. The SMILES string of the molecule is CC[C@@]1(O)C(=O)OCc2c1cc1n(c2=O)Cc2c-1nc1cc(F)c(C)c3c1c2[C@]1(NC(=O)COCNC(=O)CNC(=O)[C@H](Cc2ccccc2)NC(=O)CNC(=O)CNC(=O)CCc2ccc(N4C(=O)C=CC4=O)cc2)CC1C3. The molecular formula is C56H54FN9O13. The molecule has 1 saturated carbocycles. The number of fused-ring (bicyclic) bond motifs is 7. The molecule has 0 bridgehead atoms. The summed E-state index contributed by atoms with van der Waals surface area (Å²) in [5.74, 6) is -6.10. The maximum absolute atomic E-state index is 15.5. The second-order valence-electron chi connectivity index (χ2n) is 20.1. The lowest BCUT2D eigenvalue weighted by Crippen LogP contribution is -2.52. The van der Waals surface area contributed by atoms with E-state index in [0.29, 0.717) is 69.5 Å². The summed E-state index contributed by atoms with van der Waals surface area (Å²) in [5.41, 5.74) is 2.25. The van der Waals surface area contributed by atoms with E-state index < -0.39 is 115 Å². The van der Waals surface area contributed by atoms with Crippen molar-refractivity contribution >= 4 is 69.8 Å². The molecule has 2 aromatic heterocycles. The fourth-order valence-corrected chi connectivity index (χ4v) is 10.9. The van der Waals surface area contributed by atoms with Gasteiger partial charge in [0, 0.05) is 47.6 Å². The molecule has 23 heteroatoms. The van der Waals surface area contributed by atoms with Crippen LogP contribution < -0.4 is 42.4 Å². The highest BCUT2D eigenvalue weighted by atomic mass is 19.1. The van der Waals surface area contributed by atoms with E-state index in [4.69, 9.17) is 14.5 Å². The maximum atomic E-state index is 15.5. The standard InChI is InChI=1S/C56H54FN9O13/c1-3-56(77)37-19-41-51-35(25-65(41)53(75)36(37)26-79-54(56)76)50-49-34(29(2)38(57)20-39(49)63-51)18-32-21-55(32,50)64-46(71)27-78-28-61-44(69)23-60-52(74)40(17-31-7-5-4-6-8-31)62-45(70)24-59-43(68)22-58-42(67)14-11-30-9-12-33(13-10-30)66-47(72)15-16-48(66)73/h4-10,12-13,15-16,19-20,32,40,77H,3,11,14,17-18,21-28H2,1-2H3,(H,58,67)(H,59,68)(H,60,74)(H,61,69)(H,62,70)(H,64,71)/t32?,40-,55-,56-/m0/s1. The van der Waals surface area contributed by atoms with E-state index in [-0.39, 0.29) is 49.5 Å². The zero-order valence-electron chi connectivity index (χ0n) is 42.9. The first-order chi connectivity index (χ1) is 37.9. The maximum Gasteiger partial charge on any atom is 0.343 e. The highest BCUT2D eigenvalue weighted by Crippen LogP contribution is 2.61. The van der Waals surface area contributed by atoms with E-state index in [1.807, 2.05) is 0 Å².